The first-order valence-electron chi connectivity index (χ1n) is 4.65. The van der Waals surface area contributed by atoms with Crippen molar-refractivity contribution in [2.75, 3.05) is 0 Å². The van der Waals surface area contributed by atoms with E-state index in [1.807, 2.05) is 11.5 Å². The number of rotatable bonds is 4. The van der Waals surface area contributed by atoms with Gasteiger partial charge < -0.3 is 0 Å². The number of amides is 1. The number of aromatic nitrogens is 3. The summed E-state index contributed by atoms with van der Waals surface area (Å²) in [6, 6.07) is 5.23. The van der Waals surface area contributed by atoms with Gasteiger partial charge in [-0.05, 0) is 12.1 Å². The highest BCUT2D eigenvalue weighted by atomic mass is 32.2. The minimum atomic E-state index is -0.396. The van der Waals surface area contributed by atoms with Crippen molar-refractivity contribution in [3.05, 3.63) is 35.1 Å². The highest BCUT2D eigenvalue weighted by molar-refractivity contribution is 8.00. The molecule has 2 heterocycles. The Labute approximate surface area is 106 Å². The van der Waals surface area contributed by atoms with Gasteiger partial charge >= 0.3 is 0 Å². The molecule has 0 fully saturated rings. The Hall–Kier alpha value is -1.51. The van der Waals surface area contributed by atoms with E-state index in [4.69, 9.17) is 5.84 Å². The first-order valence-corrected chi connectivity index (χ1v) is 6.52. The van der Waals surface area contributed by atoms with E-state index in [0.717, 1.165) is 10.0 Å². The molecule has 0 aliphatic rings. The van der Waals surface area contributed by atoms with E-state index in [1.54, 1.807) is 17.6 Å². The zero-order valence-corrected chi connectivity index (χ0v) is 10.3. The first-order chi connectivity index (χ1) is 8.29. The monoisotopic (exact) mass is 267 g/mol. The van der Waals surface area contributed by atoms with Gasteiger partial charge in [0.1, 0.15) is 11.2 Å². The second-order valence-corrected chi connectivity index (χ2v) is 5.04. The van der Waals surface area contributed by atoms with Crippen LogP contribution in [0, 0.1) is 0 Å². The Kier molecular flexibility index (Phi) is 4.02. The second kappa shape index (κ2) is 5.71. The van der Waals surface area contributed by atoms with Crippen LogP contribution in [0.1, 0.15) is 16.2 Å². The fourth-order valence-electron chi connectivity index (χ4n) is 1.12. The van der Waals surface area contributed by atoms with Crippen molar-refractivity contribution in [1.29, 1.82) is 0 Å². The topological polar surface area (TPSA) is 93.8 Å². The average molecular weight is 267 g/mol. The second-order valence-electron chi connectivity index (χ2n) is 2.98. The van der Waals surface area contributed by atoms with Crippen molar-refractivity contribution >= 4 is 29.0 Å². The minimum Gasteiger partial charge on any atom is -0.289 e. The smallest absolute Gasteiger partial charge is 0.283 e. The lowest BCUT2D eigenvalue weighted by Gasteiger charge is -2.01. The number of carbonyl (C=O) groups excluding carboxylic acids is 1. The molecule has 0 unspecified atom stereocenters. The van der Waals surface area contributed by atoms with E-state index in [0.29, 0.717) is 11.4 Å². The lowest BCUT2D eigenvalue weighted by molar-refractivity contribution is 0.0948. The zero-order chi connectivity index (χ0) is 12.1. The molecule has 0 aliphatic carbocycles. The predicted octanol–water partition coefficient (Wildman–Crippen LogP) is 0.829. The fraction of sp³-hybridized carbons (Fsp3) is 0.111. The van der Waals surface area contributed by atoms with Gasteiger partial charge in [0.15, 0.2) is 4.34 Å². The van der Waals surface area contributed by atoms with Crippen LogP contribution in [0.4, 0.5) is 0 Å². The molecule has 3 N–H and O–H groups in total. The molecule has 0 bridgehead atoms. The van der Waals surface area contributed by atoms with Crippen LogP contribution in [0.15, 0.2) is 28.0 Å². The molecule has 2 aromatic heterocycles. The van der Waals surface area contributed by atoms with E-state index in [2.05, 4.69) is 15.2 Å². The summed E-state index contributed by atoms with van der Waals surface area (Å²) in [5.41, 5.74) is 4.83. The molecular formula is C9H9N5OS2. The van der Waals surface area contributed by atoms with Gasteiger partial charge in [-0.15, -0.1) is 10.2 Å². The quantitative estimate of drug-likeness (QED) is 0.369. The number of hydrogen-bond donors (Lipinski definition) is 2. The first kappa shape index (κ1) is 12.0. The third kappa shape index (κ3) is 3.22. The van der Waals surface area contributed by atoms with Gasteiger partial charge in [-0.3, -0.25) is 10.2 Å². The van der Waals surface area contributed by atoms with E-state index in [1.165, 1.54) is 23.1 Å². The van der Waals surface area contributed by atoms with Crippen LogP contribution >= 0.6 is 23.1 Å². The molecule has 2 aromatic rings. The normalized spacial score (nSPS) is 10.2. The molecule has 17 heavy (non-hydrogen) atoms. The number of nitrogens with two attached hydrogens (primary N) is 1. The van der Waals surface area contributed by atoms with Crippen molar-refractivity contribution in [2.45, 2.75) is 10.1 Å². The highest BCUT2D eigenvalue weighted by Crippen LogP contribution is 2.22. The van der Waals surface area contributed by atoms with Crippen LogP contribution in [0.2, 0.25) is 0 Å². The van der Waals surface area contributed by atoms with Gasteiger partial charge in [0.05, 0.1) is 5.69 Å². The zero-order valence-electron chi connectivity index (χ0n) is 8.66. The van der Waals surface area contributed by atoms with Gasteiger partial charge in [0, 0.05) is 5.75 Å². The molecule has 1 amide bonds. The van der Waals surface area contributed by atoms with Gasteiger partial charge in [0.2, 0.25) is 0 Å². The summed E-state index contributed by atoms with van der Waals surface area (Å²) in [5.74, 6) is 5.29. The lowest BCUT2D eigenvalue weighted by Crippen LogP contribution is -2.30. The molecule has 88 valence electrons. The van der Waals surface area contributed by atoms with Gasteiger partial charge in [-0.2, -0.15) is 0 Å². The number of hydrazine groups is 1. The Bertz CT molecular complexity index is 502. The van der Waals surface area contributed by atoms with Gasteiger partial charge in [-0.1, -0.05) is 29.2 Å². The van der Waals surface area contributed by atoms with E-state index in [9.17, 15) is 4.79 Å². The van der Waals surface area contributed by atoms with Gasteiger partial charge in [-0.25, -0.2) is 10.8 Å². The number of thioether (sulfide) groups is 1. The Morgan fingerprint density at radius 1 is 1.53 bits per heavy atom. The number of nitrogen functional groups attached to an aromatic ring is 1. The average Bonchev–Trinajstić information content (AvgIpc) is 2.89. The van der Waals surface area contributed by atoms with Crippen LogP contribution in [-0.4, -0.2) is 21.1 Å². The SMILES string of the molecule is NNC(=O)c1cccc(CSc2nncs2)n1. The molecule has 0 saturated carbocycles. The Morgan fingerprint density at radius 3 is 3.12 bits per heavy atom. The van der Waals surface area contributed by atoms with E-state index < -0.39 is 5.91 Å². The van der Waals surface area contributed by atoms with Crippen LogP contribution < -0.4 is 11.3 Å². The third-order valence-electron chi connectivity index (χ3n) is 1.85. The van der Waals surface area contributed by atoms with Crippen LogP contribution in [0.3, 0.4) is 0 Å². The number of nitrogens with one attached hydrogen (secondary N) is 1. The van der Waals surface area contributed by atoms with Gasteiger partial charge in [0.25, 0.3) is 5.91 Å². The maximum absolute atomic E-state index is 11.3. The highest BCUT2D eigenvalue weighted by Gasteiger charge is 2.06. The lowest BCUT2D eigenvalue weighted by atomic mass is 10.3. The largest absolute Gasteiger partial charge is 0.289 e. The Balaban J connectivity index is 2.03. The summed E-state index contributed by atoms with van der Waals surface area (Å²) >= 11 is 3.00. The molecule has 0 atom stereocenters. The number of hydrogen-bond acceptors (Lipinski definition) is 7. The number of carbonyl (C=O) groups is 1. The van der Waals surface area contributed by atoms with Crippen molar-refractivity contribution in [1.82, 2.24) is 20.6 Å². The maximum Gasteiger partial charge on any atom is 0.283 e. The molecule has 0 saturated heterocycles. The summed E-state index contributed by atoms with van der Waals surface area (Å²) in [6.07, 6.45) is 0. The predicted molar refractivity (Wildman–Crippen MR) is 65.4 cm³/mol. The van der Waals surface area contributed by atoms with Crippen molar-refractivity contribution in [3.8, 4) is 0 Å². The van der Waals surface area contributed by atoms with E-state index in [-0.39, 0.29) is 0 Å². The molecule has 0 aliphatic heterocycles. The third-order valence-corrected chi connectivity index (χ3v) is 3.75. The molecule has 0 aromatic carbocycles. The van der Waals surface area contributed by atoms with Crippen molar-refractivity contribution in [3.63, 3.8) is 0 Å². The van der Waals surface area contributed by atoms with E-state index >= 15 is 0 Å². The minimum absolute atomic E-state index is 0.308. The molecule has 8 heteroatoms. The molecule has 0 spiro atoms. The van der Waals surface area contributed by atoms with Crippen molar-refractivity contribution in [2.24, 2.45) is 5.84 Å². The molecule has 6 nitrogen and oxygen atoms in total. The fourth-order valence-corrected chi connectivity index (χ4v) is 2.52. The maximum atomic E-state index is 11.3. The molecular weight excluding hydrogens is 258 g/mol. The van der Waals surface area contributed by atoms with Crippen molar-refractivity contribution < 1.29 is 4.79 Å². The summed E-state index contributed by atoms with van der Waals surface area (Å²) in [6.45, 7) is 0. The molecule has 2 rings (SSSR count). The number of pyridine rings is 1. The number of nitrogens with zero attached hydrogens (tertiary/aromatic N) is 3. The Morgan fingerprint density at radius 2 is 2.41 bits per heavy atom. The summed E-state index contributed by atoms with van der Waals surface area (Å²) < 4.78 is 0.875. The summed E-state index contributed by atoms with van der Waals surface area (Å²) in [4.78, 5) is 15.5. The summed E-state index contributed by atoms with van der Waals surface area (Å²) in [7, 11) is 0. The standard InChI is InChI=1S/C9H9N5OS2/c10-13-8(15)7-3-1-2-6(12-7)4-16-9-14-11-5-17-9/h1-3,5H,4,10H2,(H,13,15). The van der Waals surface area contributed by atoms with Crippen LogP contribution in [-0.2, 0) is 5.75 Å². The van der Waals surface area contributed by atoms with Crippen LogP contribution in [0.5, 0.6) is 0 Å². The summed E-state index contributed by atoms with van der Waals surface area (Å²) in [5, 5.41) is 7.65. The molecule has 0 radical (unpaired) electrons. The van der Waals surface area contributed by atoms with Crippen LogP contribution in [0.25, 0.3) is 0 Å².